The summed E-state index contributed by atoms with van der Waals surface area (Å²) in [6.45, 7) is 1.77. The Balaban J connectivity index is 1.62. The molecule has 0 aliphatic rings. The van der Waals surface area contributed by atoms with Gasteiger partial charge in [-0.2, -0.15) is 18.3 Å². The van der Waals surface area contributed by atoms with Crippen LogP contribution in [0, 0.1) is 0 Å². The minimum Gasteiger partial charge on any atom is -0.344 e. The molecule has 1 N–H and O–H groups in total. The van der Waals surface area contributed by atoms with Gasteiger partial charge in [0.2, 0.25) is 0 Å². The Bertz CT molecular complexity index is 1730. The van der Waals surface area contributed by atoms with Gasteiger partial charge in [0.15, 0.2) is 0 Å². The van der Waals surface area contributed by atoms with E-state index in [0.717, 1.165) is 12.1 Å². The third-order valence-electron chi connectivity index (χ3n) is 6.00. The van der Waals surface area contributed by atoms with Crippen LogP contribution in [0.25, 0.3) is 27.5 Å². The molecule has 5 aromatic rings. The third-order valence-corrected chi connectivity index (χ3v) is 6.21. The molecule has 3 aromatic heterocycles. The summed E-state index contributed by atoms with van der Waals surface area (Å²) in [5, 5.41) is 8.35. The number of rotatable bonds is 4. The second-order valence-electron chi connectivity index (χ2n) is 8.56. The molecule has 0 saturated carbocycles. The summed E-state index contributed by atoms with van der Waals surface area (Å²) in [5.41, 5.74) is 0.677. The lowest BCUT2D eigenvalue weighted by Gasteiger charge is -2.15. The highest BCUT2D eigenvalue weighted by atomic mass is 35.5. The number of amides is 1. The number of aryl methyl sites for hydroxylation is 1. The average molecular weight is 526 g/mol. The van der Waals surface area contributed by atoms with Gasteiger partial charge in [0.25, 0.3) is 11.5 Å². The SMILES string of the molecule is C[C@H](NC(=O)c1ccc2c(c1)c1nn(C)cc1c(=O)n2-c1ccc(C(F)(F)F)cc1)c1cccc(Cl)n1. The Morgan fingerprint density at radius 2 is 1.78 bits per heavy atom. The second kappa shape index (κ2) is 9.04. The highest BCUT2D eigenvalue weighted by Crippen LogP contribution is 2.31. The summed E-state index contributed by atoms with van der Waals surface area (Å²) >= 11 is 5.96. The summed E-state index contributed by atoms with van der Waals surface area (Å²) in [5.74, 6) is -0.382. The lowest BCUT2D eigenvalue weighted by molar-refractivity contribution is -0.137. The van der Waals surface area contributed by atoms with Crippen molar-refractivity contribution in [3.05, 3.63) is 99.2 Å². The Morgan fingerprint density at radius 3 is 2.46 bits per heavy atom. The Labute approximate surface area is 213 Å². The predicted octanol–water partition coefficient (Wildman–Crippen LogP) is 5.44. The maximum atomic E-state index is 13.4. The Morgan fingerprint density at radius 1 is 1.05 bits per heavy atom. The first-order chi connectivity index (χ1) is 17.5. The van der Waals surface area contributed by atoms with Crippen molar-refractivity contribution in [3.63, 3.8) is 0 Å². The summed E-state index contributed by atoms with van der Waals surface area (Å²) in [4.78, 5) is 30.7. The van der Waals surface area contributed by atoms with Crippen molar-refractivity contribution >= 4 is 39.3 Å². The predicted molar refractivity (Wildman–Crippen MR) is 134 cm³/mol. The number of hydrogen-bond donors (Lipinski definition) is 1. The quantitative estimate of drug-likeness (QED) is 0.317. The van der Waals surface area contributed by atoms with Crippen LogP contribution < -0.4 is 10.9 Å². The van der Waals surface area contributed by atoms with E-state index in [0.29, 0.717) is 32.8 Å². The zero-order valence-electron chi connectivity index (χ0n) is 19.5. The van der Waals surface area contributed by atoms with Crippen LogP contribution in [0.5, 0.6) is 0 Å². The zero-order valence-corrected chi connectivity index (χ0v) is 20.3. The van der Waals surface area contributed by atoms with Crippen molar-refractivity contribution in [2.75, 3.05) is 0 Å². The van der Waals surface area contributed by atoms with Crippen molar-refractivity contribution < 1.29 is 18.0 Å². The summed E-state index contributed by atoms with van der Waals surface area (Å²) in [7, 11) is 1.66. The monoisotopic (exact) mass is 525 g/mol. The molecule has 37 heavy (non-hydrogen) atoms. The van der Waals surface area contributed by atoms with Gasteiger partial charge >= 0.3 is 6.18 Å². The number of aromatic nitrogens is 4. The van der Waals surface area contributed by atoms with Gasteiger partial charge in [-0.25, -0.2) is 4.98 Å². The molecule has 0 bridgehead atoms. The number of carbonyl (C=O) groups excluding carboxylic acids is 1. The number of hydrogen-bond acceptors (Lipinski definition) is 4. The van der Waals surface area contributed by atoms with E-state index in [9.17, 15) is 22.8 Å². The smallest absolute Gasteiger partial charge is 0.344 e. The molecule has 0 radical (unpaired) electrons. The normalized spacial score (nSPS) is 12.7. The molecule has 0 aliphatic carbocycles. The number of halogens is 4. The fraction of sp³-hybridized carbons (Fsp3) is 0.154. The Kier molecular flexibility index (Phi) is 5.99. The highest BCUT2D eigenvalue weighted by molar-refractivity contribution is 6.29. The molecule has 3 heterocycles. The molecule has 0 fully saturated rings. The molecule has 5 rings (SSSR count). The number of nitrogens with zero attached hydrogens (tertiary/aromatic N) is 4. The van der Waals surface area contributed by atoms with Crippen LogP contribution in [0.1, 0.15) is 34.6 Å². The third kappa shape index (κ3) is 4.55. The topological polar surface area (TPSA) is 81.8 Å². The minimum atomic E-state index is -4.50. The van der Waals surface area contributed by atoms with Gasteiger partial charge in [0.05, 0.1) is 28.2 Å². The average Bonchev–Trinajstić information content (AvgIpc) is 3.26. The van der Waals surface area contributed by atoms with Gasteiger partial charge in [-0.1, -0.05) is 17.7 Å². The van der Waals surface area contributed by atoms with Gasteiger partial charge in [0.1, 0.15) is 10.7 Å². The number of nitrogens with one attached hydrogen (secondary N) is 1. The molecule has 7 nitrogen and oxygen atoms in total. The van der Waals surface area contributed by atoms with Crippen LogP contribution >= 0.6 is 11.6 Å². The maximum Gasteiger partial charge on any atom is 0.416 e. The van der Waals surface area contributed by atoms with Crippen LogP contribution in [0.2, 0.25) is 5.15 Å². The molecular weight excluding hydrogens is 507 g/mol. The number of fused-ring (bicyclic) bond motifs is 3. The fourth-order valence-electron chi connectivity index (χ4n) is 4.21. The highest BCUT2D eigenvalue weighted by Gasteiger charge is 2.30. The van der Waals surface area contributed by atoms with Crippen molar-refractivity contribution in [1.82, 2.24) is 24.6 Å². The largest absolute Gasteiger partial charge is 0.416 e. The van der Waals surface area contributed by atoms with Crippen molar-refractivity contribution in [3.8, 4) is 5.69 Å². The first-order valence-corrected chi connectivity index (χ1v) is 11.5. The molecule has 11 heteroatoms. The van der Waals surface area contributed by atoms with Gasteiger partial charge < -0.3 is 5.32 Å². The molecule has 1 atom stereocenters. The van der Waals surface area contributed by atoms with E-state index in [-0.39, 0.29) is 17.0 Å². The lowest BCUT2D eigenvalue weighted by Crippen LogP contribution is -2.27. The minimum absolute atomic E-state index is 0.256. The zero-order chi connectivity index (χ0) is 26.5. The molecule has 0 saturated heterocycles. The first kappa shape index (κ1) is 24.5. The van der Waals surface area contributed by atoms with Crippen LogP contribution in [-0.2, 0) is 13.2 Å². The van der Waals surface area contributed by atoms with Crippen molar-refractivity contribution in [1.29, 1.82) is 0 Å². The Hall–Kier alpha value is -4.18. The molecule has 2 aromatic carbocycles. The van der Waals surface area contributed by atoms with E-state index in [1.54, 1.807) is 50.4 Å². The molecule has 0 spiro atoms. The van der Waals surface area contributed by atoms with Gasteiger partial charge in [-0.05, 0) is 61.5 Å². The molecule has 0 unspecified atom stereocenters. The first-order valence-electron chi connectivity index (χ1n) is 11.2. The van der Waals surface area contributed by atoms with Gasteiger partial charge in [-0.15, -0.1) is 0 Å². The van der Waals surface area contributed by atoms with E-state index in [1.165, 1.54) is 27.6 Å². The molecule has 0 aliphatic heterocycles. The van der Waals surface area contributed by atoms with Crippen LogP contribution in [0.3, 0.4) is 0 Å². The maximum absolute atomic E-state index is 13.4. The summed E-state index contributed by atoms with van der Waals surface area (Å²) in [6.07, 6.45) is -2.96. The molecule has 1 amide bonds. The van der Waals surface area contributed by atoms with Gasteiger partial charge in [0, 0.05) is 29.9 Å². The van der Waals surface area contributed by atoms with Crippen molar-refractivity contribution in [2.45, 2.75) is 19.1 Å². The van der Waals surface area contributed by atoms with Crippen LogP contribution in [0.4, 0.5) is 13.2 Å². The number of pyridine rings is 2. The van der Waals surface area contributed by atoms with E-state index in [2.05, 4.69) is 15.4 Å². The molecular formula is C26H19ClF3N5O2. The number of alkyl halides is 3. The second-order valence-corrected chi connectivity index (χ2v) is 8.95. The van der Waals surface area contributed by atoms with E-state index >= 15 is 0 Å². The summed E-state index contributed by atoms with van der Waals surface area (Å²) in [6, 6.07) is 13.8. The number of benzene rings is 2. The lowest BCUT2D eigenvalue weighted by atomic mass is 10.1. The van der Waals surface area contributed by atoms with Crippen LogP contribution in [0.15, 0.2) is 71.7 Å². The van der Waals surface area contributed by atoms with E-state index in [1.807, 2.05) is 0 Å². The molecule has 188 valence electrons. The van der Waals surface area contributed by atoms with E-state index < -0.39 is 23.3 Å². The van der Waals surface area contributed by atoms with Crippen molar-refractivity contribution in [2.24, 2.45) is 7.05 Å². The van der Waals surface area contributed by atoms with Crippen LogP contribution in [-0.4, -0.2) is 25.2 Å². The van der Waals surface area contributed by atoms with E-state index in [4.69, 9.17) is 11.6 Å². The standard InChI is InChI=1S/C26H19ClF3N5O2/c1-14(20-4-3-5-22(27)32-20)31-24(36)15-6-11-21-18(12-15)23-19(13-34(2)33-23)25(37)35(21)17-9-7-16(8-10-17)26(28,29)30/h3-14H,1-2H3,(H,31,36)/t14-/m0/s1. The summed E-state index contributed by atoms with van der Waals surface area (Å²) < 4.78 is 42.0. The fourth-order valence-corrected chi connectivity index (χ4v) is 4.38. The number of carbonyl (C=O) groups is 1. The van der Waals surface area contributed by atoms with Gasteiger partial charge in [-0.3, -0.25) is 18.8 Å².